The van der Waals surface area contributed by atoms with Crippen LogP contribution in [0.5, 0.6) is 5.88 Å². The molecule has 0 saturated heterocycles. The lowest BCUT2D eigenvalue weighted by Crippen LogP contribution is -2.06. The molecule has 3 rings (SSSR count). The average Bonchev–Trinajstić information content (AvgIpc) is 3.22. The van der Waals surface area contributed by atoms with Crippen LogP contribution in [-0.2, 0) is 4.79 Å². The van der Waals surface area contributed by atoms with E-state index in [0.717, 1.165) is 22.8 Å². The maximum Gasteiger partial charge on any atom is 0.213 e. The Morgan fingerprint density at radius 1 is 1.18 bits per heavy atom. The average molecular weight is 467 g/mol. The molecule has 0 amide bonds. The quantitative estimate of drug-likeness (QED) is 0.363. The number of rotatable bonds is 6. The summed E-state index contributed by atoms with van der Waals surface area (Å²) in [5.74, 6) is 6.68. The number of carbonyl (C=O) groups excluding carboxylic acids is 1. The Bertz CT molecular complexity index is 1050. The summed E-state index contributed by atoms with van der Waals surface area (Å²) < 4.78 is 6.69. The molecule has 0 aliphatic heterocycles. The molecule has 10 heteroatoms. The number of anilines is 2. The van der Waals surface area contributed by atoms with E-state index in [9.17, 15) is 4.79 Å². The van der Waals surface area contributed by atoms with Crippen LogP contribution in [0.3, 0.4) is 0 Å². The summed E-state index contributed by atoms with van der Waals surface area (Å²) in [7, 11) is 1.58. The third-order valence-electron chi connectivity index (χ3n) is 4.50. The number of pyridine rings is 2. The van der Waals surface area contributed by atoms with E-state index in [1.165, 1.54) is 0 Å². The topological polar surface area (TPSA) is 158 Å². The summed E-state index contributed by atoms with van der Waals surface area (Å²) in [6.07, 6.45) is 3.43. The number of aryl methyl sites for hydroxylation is 1. The fraction of sp³-hybridized carbons (Fsp3) is 0.375. The van der Waals surface area contributed by atoms with Gasteiger partial charge in [0.15, 0.2) is 0 Å². The number of hydrazine groups is 1. The molecule has 0 bridgehead atoms. The number of Topliss-reactive ketones (excluding diaryl/α,β-unsaturated/α-hetero) is 1. The summed E-state index contributed by atoms with van der Waals surface area (Å²) in [4.78, 5) is 18.7. The maximum absolute atomic E-state index is 10.5. The molecule has 0 aromatic carbocycles. The second-order valence-corrected chi connectivity index (χ2v) is 7.91. The smallest absolute Gasteiger partial charge is 0.213 e. The molecular weight excluding hydrogens is 432 g/mol. The van der Waals surface area contributed by atoms with E-state index in [-0.39, 0.29) is 18.1 Å². The normalized spacial score (nSPS) is 9.88. The van der Waals surface area contributed by atoms with Crippen molar-refractivity contribution < 1.29 is 9.53 Å². The highest BCUT2D eigenvalue weighted by Crippen LogP contribution is 2.20. The van der Waals surface area contributed by atoms with Crippen LogP contribution in [0.15, 0.2) is 42.7 Å². The van der Waals surface area contributed by atoms with Crippen LogP contribution in [0, 0.1) is 24.2 Å². The van der Waals surface area contributed by atoms with E-state index in [2.05, 4.69) is 34.3 Å². The maximum atomic E-state index is 10.5. The molecule has 0 radical (unpaired) electrons. The number of ether oxygens (including phenoxy) is 1. The van der Waals surface area contributed by atoms with Gasteiger partial charge in [0.05, 0.1) is 49.1 Å². The van der Waals surface area contributed by atoms with Crippen molar-refractivity contribution in [1.82, 2.24) is 19.7 Å². The first-order valence-electron chi connectivity index (χ1n) is 10.8. The van der Waals surface area contributed by atoms with Crippen molar-refractivity contribution in [1.29, 1.82) is 5.26 Å². The van der Waals surface area contributed by atoms with Gasteiger partial charge in [0.2, 0.25) is 5.88 Å². The number of aromatic nitrogens is 4. The monoisotopic (exact) mass is 466 g/mol. The van der Waals surface area contributed by atoms with Crippen molar-refractivity contribution in [2.75, 3.05) is 18.3 Å². The van der Waals surface area contributed by atoms with Crippen LogP contribution in [0.2, 0.25) is 0 Å². The minimum absolute atomic E-state index is 0.00894. The first-order valence-corrected chi connectivity index (χ1v) is 10.8. The molecule has 0 saturated carbocycles. The highest BCUT2D eigenvalue weighted by atomic mass is 16.5. The van der Waals surface area contributed by atoms with E-state index in [4.69, 9.17) is 21.6 Å². The Labute approximate surface area is 200 Å². The van der Waals surface area contributed by atoms with Crippen LogP contribution in [0.25, 0.3) is 5.69 Å². The molecule has 10 nitrogen and oxygen atoms in total. The minimum Gasteiger partial charge on any atom is -0.481 e. The van der Waals surface area contributed by atoms with Gasteiger partial charge in [-0.2, -0.15) is 10.4 Å². The molecule has 3 aromatic rings. The van der Waals surface area contributed by atoms with Crippen LogP contribution < -0.4 is 21.7 Å². The predicted octanol–water partition coefficient (Wildman–Crippen LogP) is 3.78. The molecule has 0 aliphatic rings. The third kappa shape index (κ3) is 9.26. The number of hydrogen-bond donors (Lipinski definition) is 3. The molecule has 34 heavy (non-hydrogen) atoms. The van der Waals surface area contributed by atoms with Crippen molar-refractivity contribution in [2.45, 2.75) is 47.0 Å². The molecular formula is C24H34N8O2. The number of methoxy groups -OCH3 is 1. The SMILES string of the molecule is CC(C)C(=O)CC#N.COc1ccc(-n2nc(C(C)C)cc2N)cn1.Cc1ccc(NN)cn1. The summed E-state index contributed by atoms with van der Waals surface area (Å²) in [6.45, 7) is 9.68. The van der Waals surface area contributed by atoms with E-state index >= 15 is 0 Å². The summed E-state index contributed by atoms with van der Waals surface area (Å²) >= 11 is 0. The second-order valence-electron chi connectivity index (χ2n) is 7.91. The van der Waals surface area contributed by atoms with Crippen molar-refractivity contribution in [3.8, 4) is 17.6 Å². The number of hydrogen-bond acceptors (Lipinski definition) is 9. The van der Waals surface area contributed by atoms with Gasteiger partial charge in [-0.15, -0.1) is 0 Å². The number of ketones is 1. The predicted molar refractivity (Wildman–Crippen MR) is 133 cm³/mol. The number of nitrogens with two attached hydrogens (primary N) is 2. The lowest BCUT2D eigenvalue weighted by molar-refractivity contribution is -0.120. The van der Waals surface area contributed by atoms with Crippen molar-refractivity contribution >= 4 is 17.3 Å². The fourth-order valence-electron chi connectivity index (χ4n) is 2.36. The van der Waals surface area contributed by atoms with E-state index in [0.29, 0.717) is 17.6 Å². The first-order chi connectivity index (χ1) is 16.1. The Morgan fingerprint density at radius 3 is 2.26 bits per heavy atom. The van der Waals surface area contributed by atoms with Crippen molar-refractivity contribution in [3.63, 3.8) is 0 Å². The Balaban J connectivity index is 0.000000287. The van der Waals surface area contributed by atoms with Crippen molar-refractivity contribution in [2.24, 2.45) is 11.8 Å². The standard InChI is InChI=1S/C12H16N4O.C6H9N3.C6H9NO/c1-8(2)10-6-11(13)16(15-10)9-4-5-12(17-3)14-7-9;1-5-2-3-6(9-7)4-8-5;1-5(2)6(8)3-4-7/h4-8H,13H2,1-3H3;2-4,9H,7H2,1H3;5H,3H2,1-2H3. The van der Waals surface area contributed by atoms with Gasteiger partial charge in [0, 0.05) is 23.7 Å². The van der Waals surface area contributed by atoms with Gasteiger partial charge in [-0.25, -0.2) is 9.67 Å². The summed E-state index contributed by atoms with van der Waals surface area (Å²) in [6, 6.07) is 11.1. The molecule has 3 heterocycles. The number of nitrogen functional groups attached to an aromatic ring is 2. The van der Waals surface area contributed by atoms with Gasteiger partial charge in [-0.3, -0.25) is 15.6 Å². The van der Waals surface area contributed by atoms with Crippen LogP contribution in [-0.4, -0.2) is 32.6 Å². The van der Waals surface area contributed by atoms with Crippen molar-refractivity contribution in [3.05, 3.63) is 54.1 Å². The molecule has 0 atom stereocenters. The van der Waals surface area contributed by atoms with E-state index in [1.54, 1.807) is 50.2 Å². The third-order valence-corrected chi connectivity index (χ3v) is 4.50. The van der Waals surface area contributed by atoms with Gasteiger partial charge >= 0.3 is 0 Å². The van der Waals surface area contributed by atoms with Gasteiger partial charge in [-0.05, 0) is 31.0 Å². The molecule has 0 fully saturated rings. The van der Waals surface area contributed by atoms with Gasteiger partial charge < -0.3 is 15.9 Å². The molecule has 182 valence electrons. The van der Waals surface area contributed by atoms with Crippen LogP contribution in [0.1, 0.15) is 51.4 Å². The molecule has 5 N–H and O–H groups in total. The molecule has 3 aromatic heterocycles. The lowest BCUT2D eigenvalue weighted by Gasteiger charge is -2.04. The highest BCUT2D eigenvalue weighted by molar-refractivity contribution is 5.82. The van der Waals surface area contributed by atoms with Crippen LogP contribution >= 0.6 is 0 Å². The summed E-state index contributed by atoms with van der Waals surface area (Å²) in [5.41, 5.74) is 12.0. The molecule has 0 unspecified atom stereocenters. The zero-order valence-corrected chi connectivity index (χ0v) is 20.6. The number of nitriles is 1. The zero-order valence-electron chi connectivity index (χ0n) is 20.6. The first kappa shape index (κ1) is 28.1. The lowest BCUT2D eigenvalue weighted by atomic mass is 10.1. The number of nitrogens with zero attached hydrogens (tertiary/aromatic N) is 5. The second kappa shape index (κ2) is 14.2. The van der Waals surface area contributed by atoms with E-state index in [1.807, 2.05) is 31.2 Å². The van der Waals surface area contributed by atoms with Gasteiger partial charge in [-0.1, -0.05) is 27.7 Å². The van der Waals surface area contributed by atoms with Crippen LogP contribution in [0.4, 0.5) is 11.5 Å². The summed E-state index contributed by atoms with van der Waals surface area (Å²) in [5, 5.41) is 12.5. The number of carbonyl (C=O) groups is 1. The largest absolute Gasteiger partial charge is 0.481 e. The minimum atomic E-state index is 0.00894. The highest BCUT2D eigenvalue weighted by Gasteiger charge is 2.10. The fourth-order valence-corrected chi connectivity index (χ4v) is 2.36. The Kier molecular flexibility index (Phi) is 11.7. The Hall–Kier alpha value is -3.97. The van der Waals surface area contributed by atoms with Gasteiger partial charge in [0.1, 0.15) is 11.6 Å². The van der Waals surface area contributed by atoms with E-state index < -0.39 is 0 Å². The number of nitrogens with one attached hydrogen (secondary N) is 1. The zero-order chi connectivity index (χ0) is 25.7. The Morgan fingerprint density at radius 2 is 1.88 bits per heavy atom. The molecule has 0 spiro atoms. The van der Waals surface area contributed by atoms with Gasteiger partial charge in [0.25, 0.3) is 0 Å². The molecule has 0 aliphatic carbocycles.